The van der Waals surface area contributed by atoms with Crippen molar-refractivity contribution < 1.29 is 9.53 Å². The Bertz CT molecular complexity index is 602. The predicted octanol–water partition coefficient (Wildman–Crippen LogP) is 3.76. The largest absolute Gasteiger partial charge is 0.462 e. The molecule has 0 atom stereocenters. The molecule has 0 bridgehead atoms. The van der Waals surface area contributed by atoms with Crippen molar-refractivity contribution in [1.82, 2.24) is 4.98 Å². The van der Waals surface area contributed by atoms with E-state index in [1.807, 2.05) is 6.07 Å². The molecule has 4 nitrogen and oxygen atoms in total. The fraction of sp³-hybridized carbons (Fsp3) is 0.375. The molecule has 0 fully saturated rings. The lowest BCUT2D eigenvalue weighted by atomic mass is 10.1. The summed E-state index contributed by atoms with van der Waals surface area (Å²) in [5.74, 6) is -0.588. The highest BCUT2D eigenvalue weighted by atomic mass is 16.5. The van der Waals surface area contributed by atoms with Gasteiger partial charge in [-0.05, 0) is 19.1 Å². The van der Waals surface area contributed by atoms with Crippen LogP contribution in [0, 0.1) is 0 Å². The highest BCUT2D eigenvalue weighted by Gasteiger charge is 2.12. The van der Waals surface area contributed by atoms with Crippen molar-refractivity contribution in [3.8, 4) is 0 Å². The average Bonchev–Trinajstić information content (AvgIpc) is 2.40. The summed E-state index contributed by atoms with van der Waals surface area (Å²) in [6.45, 7) is 6.21. The molecular formula is C16H23NO3. The van der Waals surface area contributed by atoms with Gasteiger partial charge in [-0.25, -0.2) is 4.79 Å². The van der Waals surface area contributed by atoms with Gasteiger partial charge >= 0.3 is 5.97 Å². The summed E-state index contributed by atoms with van der Waals surface area (Å²) in [4.78, 5) is 26.3. The van der Waals surface area contributed by atoms with Crippen LogP contribution in [0.5, 0.6) is 0 Å². The minimum atomic E-state index is -0.588. The first-order valence-corrected chi connectivity index (χ1v) is 6.43. The standard InChI is InChI=1S/C12H11NO3.C3H8.CH4/c1-2-16-12(15)9-7-13-10-6-4-3-5-8(10)11(9)14;1-3-2;/h3-7H,2H2,1H3,(H,13,14);3H2,1-2H3;1H4. The molecule has 0 radical (unpaired) electrons. The second-order valence-electron chi connectivity index (χ2n) is 4.00. The Balaban J connectivity index is 0.000000830. The summed E-state index contributed by atoms with van der Waals surface area (Å²) in [6, 6.07) is 7.04. The topological polar surface area (TPSA) is 59.2 Å². The molecule has 1 aromatic carbocycles. The normalized spacial score (nSPS) is 9.15. The molecule has 110 valence electrons. The van der Waals surface area contributed by atoms with Crippen LogP contribution in [-0.4, -0.2) is 17.6 Å². The van der Waals surface area contributed by atoms with Crippen molar-refractivity contribution in [1.29, 1.82) is 0 Å². The van der Waals surface area contributed by atoms with Crippen molar-refractivity contribution in [3.05, 3.63) is 46.2 Å². The number of hydrogen-bond acceptors (Lipinski definition) is 3. The lowest BCUT2D eigenvalue weighted by Crippen LogP contribution is -2.17. The fourth-order valence-corrected chi connectivity index (χ4v) is 1.53. The van der Waals surface area contributed by atoms with E-state index in [0.29, 0.717) is 10.9 Å². The van der Waals surface area contributed by atoms with Crippen molar-refractivity contribution >= 4 is 16.9 Å². The molecule has 0 aliphatic heterocycles. The zero-order valence-corrected chi connectivity index (χ0v) is 11.5. The first-order valence-electron chi connectivity index (χ1n) is 6.43. The first kappa shape index (κ1) is 17.9. The van der Waals surface area contributed by atoms with E-state index in [2.05, 4.69) is 18.8 Å². The Kier molecular flexibility index (Phi) is 7.97. The van der Waals surface area contributed by atoms with Gasteiger partial charge in [0.1, 0.15) is 5.56 Å². The van der Waals surface area contributed by atoms with Gasteiger partial charge in [-0.3, -0.25) is 4.79 Å². The van der Waals surface area contributed by atoms with Gasteiger partial charge < -0.3 is 9.72 Å². The second-order valence-corrected chi connectivity index (χ2v) is 4.00. The summed E-state index contributed by atoms with van der Waals surface area (Å²) >= 11 is 0. The summed E-state index contributed by atoms with van der Waals surface area (Å²) in [5, 5.41) is 0.494. The minimum absolute atomic E-state index is 0. The highest BCUT2D eigenvalue weighted by molar-refractivity contribution is 5.93. The molecule has 0 aliphatic rings. The van der Waals surface area contributed by atoms with Gasteiger partial charge in [0.2, 0.25) is 5.43 Å². The lowest BCUT2D eigenvalue weighted by molar-refractivity contribution is 0.0524. The predicted molar refractivity (Wildman–Crippen MR) is 83.2 cm³/mol. The number of aromatic nitrogens is 1. The van der Waals surface area contributed by atoms with E-state index in [1.54, 1.807) is 25.1 Å². The maximum absolute atomic E-state index is 11.9. The number of rotatable bonds is 2. The molecule has 0 amide bonds. The molecule has 1 aromatic heterocycles. The zero-order valence-electron chi connectivity index (χ0n) is 11.5. The number of para-hydroxylation sites is 1. The van der Waals surface area contributed by atoms with Gasteiger partial charge in [0.15, 0.2) is 0 Å². The molecule has 0 saturated carbocycles. The van der Waals surface area contributed by atoms with Crippen LogP contribution in [0.1, 0.15) is 45.0 Å². The van der Waals surface area contributed by atoms with Crippen LogP contribution < -0.4 is 5.43 Å². The number of nitrogens with one attached hydrogen (secondary N) is 1. The van der Waals surface area contributed by atoms with E-state index in [4.69, 9.17) is 4.74 Å². The van der Waals surface area contributed by atoms with Crippen molar-refractivity contribution in [2.75, 3.05) is 6.61 Å². The molecule has 2 aromatic rings. The van der Waals surface area contributed by atoms with Crippen LogP contribution in [0.3, 0.4) is 0 Å². The number of carbonyl (C=O) groups is 1. The summed E-state index contributed by atoms with van der Waals surface area (Å²) in [6.07, 6.45) is 2.64. The third-order valence-corrected chi connectivity index (χ3v) is 2.28. The molecule has 0 saturated heterocycles. The number of fused-ring (bicyclic) bond motifs is 1. The monoisotopic (exact) mass is 277 g/mol. The number of pyridine rings is 1. The van der Waals surface area contributed by atoms with E-state index in [1.165, 1.54) is 12.6 Å². The Hall–Kier alpha value is -2.10. The number of aromatic amines is 1. The molecule has 0 spiro atoms. The van der Waals surface area contributed by atoms with E-state index in [-0.39, 0.29) is 25.0 Å². The fourth-order valence-electron chi connectivity index (χ4n) is 1.53. The van der Waals surface area contributed by atoms with Crippen LogP contribution in [-0.2, 0) is 4.74 Å². The summed E-state index contributed by atoms with van der Waals surface area (Å²) in [7, 11) is 0. The lowest BCUT2D eigenvalue weighted by Gasteiger charge is -2.02. The van der Waals surface area contributed by atoms with Gasteiger partial charge in [0.25, 0.3) is 0 Å². The molecule has 1 N–H and O–H groups in total. The Morgan fingerprint density at radius 1 is 1.20 bits per heavy atom. The van der Waals surface area contributed by atoms with E-state index in [9.17, 15) is 9.59 Å². The van der Waals surface area contributed by atoms with Gasteiger partial charge in [-0.15, -0.1) is 0 Å². The maximum Gasteiger partial charge on any atom is 0.343 e. The smallest absolute Gasteiger partial charge is 0.343 e. The maximum atomic E-state index is 11.9. The molecule has 20 heavy (non-hydrogen) atoms. The third kappa shape index (κ3) is 4.23. The van der Waals surface area contributed by atoms with E-state index < -0.39 is 5.97 Å². The quantitative estimate of drug-likeness (QED) is 0.850. The Morgan fingerprint density at radius 3 is 2.40 bits per heavy atom. The molecule has 0 aliphatic carbocycles. The molecular weight excluding hydrogens is 254 g/mol. The Labute approximate surface area is 119 Å². The molecule has 2 rings (SSSR count). The first-order chi connectivity index (χ1) is 9.15. The van der Waals surface area contributed by atoms with Crippen LogP contribution in [0.2, 0.25) is 0 Å². The second kappa shape index (κ2) is 8.91. The summed E-state index contributed by atoms with van der Waals surface area (Å²) < 4.78 is 4.80. The number of hydrogen-bond donors (Lipinski definition) is 1. The van der Waals surface area contributed by atoms with E-state index in [0.717, 1.165) is 0 Å². The average molecular weight is 277 g/mol. The SMILES string of the molecule is C.CCC.CCOC(=O)c1c[nH]c2ccccc2c1=O. The van der Waals surface area contributed by atoms with E-state index >= 15 is 0 Å². The number of benzene rings is 1. The Morgan fingerprint density at radius 2 is 1.80 bits per heavy atom. The summed E-state index contributed by atoms with van der Waals surface area (Å²) in [5.41, 5.74) is 0.453. The molecule has 0 unspecified atom stereocenters. The van der Waals surface area contributed by atoms with Crippen LogP contribution in [0.25, 0.3) is 10.9 Å². The van der Waals surface area contributed by atoms with Crippen LogP contribution >= 0.6 is 0 Å². The third-order valence-electron chi connectivity index (χ3n) is 2.28. The molecule has 4 heteroatoms. The number of carbonyl (C=O) groups excluding carboxylic acids is 1. The van der Waals surface area contributed by atoms with Gasteiger partial charge in [0, 0.05) is 17.1 Å². The number of H-pyrrole nitrogens is 1. The highest BCUT2D eigenvalue weighted by Crippen LogP contribution is 2.07. The van der Waals surface area contributed by atoms with Crippen molar-refractivity contribution in [2.24, 2.45) is 0 Å². The van der Waals surface area contributed by atoms with Crippen LogP contribution in [0.4, 0.5) is 0 Å². The number of ether oxygens (including phenoxy) is 1. The number of esters is 1. The zero-order chi connectivity index (χ0) is 14.3. The van der Waals surface area contributed by atoms with Crippen molar-refractivity contribution in [2.45, 2.75) is 34.6 Å². The van der Waals surface area contributed by atoms with Gasteiger partial charge in [-0.2, -0.15) is 0 Å². The molecule has 1 heterocycles. The van der Waals surface area contributed by atoms with Crippen molar-refractivity contribution in [3.63, 3.8) is 0 Å². The van der Waals surface area contributed by atoms with Gasteiger partial charge in [-0.1, -0.05) is 39.8 Å². The van der Waals surface area contributed by atoms with Crippen LogP contribution in [0.15, 0.2) is 35.3 Å². The van der Waals surface area contributed by atoms with Gasteiger partial charge in [0.05, 0.1) is 6.61 Å². The minimum Gasteiger partial charge on any atom is -0.462 e.